The summed E-state index contributed by atoms with van der Waals surface area (Å²) >= 11 is 8.42. The largest absolute Gasteiger partial charge is 0.496 e. The Hall–Kier alpha value is -1.99. The van der Waals surface area contributed by atoms with Crippen molar-refractivity contribution in [1.29, 1.82) is 0 Å². The molecule has 0 aliphatic carbocycles. The zero-order valence-corrected chi connectivity index (χ0v) is 13.5. The van der Waals surface area contributed by atoms with Gasteiger partial charge in [0, 0.05) is 11.8 Å². The van der Waals surface area contributed by atoms with Crippen LogP contribution < -0.4 is 15.4 Å². The average molecular weight is 366 g/mol. The summed E-state index contributed by atoms with van der Waals surface area (Å²) in [5, 5.41) is 5.69. The summed E-state index contributed by atoms with van der Waals surface area (Å²) < 4.78 is 5.81. The predicted octanol–water partition coefficient (Wildman–Crippen LogP) is 2.98. The normalized spacial score (nSPS) is 9.81. The maximum absolute atomic E-state index is 12.1. The number of anilines is 1. The van der Waals surface area contributed by atoms with Crippen LogP contribution in [0.15, 0.2) is 47.2 Å². The topological polar surface area (TPSA) is 63.2 Å². The van der Waals surface area contributed by atoms with E-state index in [2.05, 4.69) is 31.5 Å². The Kier molecular flexibility index (Phi) is 5.24. The molecule has 108 valence electrons. The smallest absolute Gasteiger partial charge is 0.257 e. The minimum absolute atomic E-state index is 0.208. The number of methoxy groups -OCH3 is 1. The first-order valence-electron chi connectivity index (χ1n) is 5.96. The second kappa shape index (κ2) is 7.14. The highest BCUT2D eigenvalue weighted by Crippen LogP contribution is 2.25. The number of rotatable bonds is 3. The Morgan fingerprint density at radius 3 is 2.81 bits per heavy atom. The van der Waals surface area contributed by atoms with Gasteiger partial charge in [0.2, 0.25) is 0 Å². The highest BCUT2D eigenvalue weighted by Gasteiger charge is 2.10. The third kappa shape index (κ3) is 4.24. The van der Waals surface area contributed by atoms with Gasteiger partial charge in [-0.3, -0.25) is 15.1 Å². The van der Waals surface area contributed by atoms with E-state index in [1.807, 2.05) is 0 Å². The van der Waals surface area contributed by atoms with Gasteiger partial charge in [-0.25, -0.2) is 0 Å². The minimum Gasteiger partial charge on any atom is -0.496 e. The van der Waals surface area contributed by atoms with Crippen molar-refractivity contribution in [3.05, 3.63) is 52.8 Å². The molecule has 0 bridgehead atoms. The fourth-order valence-corrected chi connectivity index (χ4v) is 2.33. The molecule has 0 spiro atoms. The van der Waals surface area contributed by atoms with E-state index in [0.717, 1.165) is 0 Å². The van der Waals surface area contributed by atoms with E-state index < -0.39 is 0 Å². The number of carbonyl (C=O) groups excluding carboxylic acids is 1. The summed E-state index contributed by atoms with van der Waals surface area (Å²) in [4.78, 5) is 16.0. The molecule has 0 aliphatic rings. The van der Waals surface area contributed by atoms with Crippen LogP contribution in [0.1, 0.15) is 10.4 Å². The molecule has 0 atom stereocenters. The number of hydrogen-bond acceptors (Lipinski definition) is 4. The summed E-state index contributed by atoms with van der Waals surface area (Å²) in [6.07, 6.45) is 3.27. The number of benzene rings is 1. The van der Waals surface area contributed by atoms with Crippen molar-refractivity contribution >= 4 is 44.9 Å². The van der Waals surface area contributed by atoms with E-state index in [9.17, 15) is 4.79 Å². The molecule has 21 heavy (non-hydrogen) atoms. The number of thiocarbonyl (C=S) groups is 1. The van der Waals surface area contributed by atoms with Crippen LogP contribution in [0.4, 0.5) is 5.69 Å². The van der Waals surface area contributed by atoms with Crippen molar-refractivity contribution in [2.75, 3.05) is 12.4 Å². The summed E-state index contributed by atoms with van der Waals surface area (Å²) in [6.45, 7) is 0. The van der Waals surface area contributed by atoms with Gasteiger partial charge in [-0.15, -0.1) is 0 Å². The molecule has 0 aliphatic heterocycles. The maximum Gasteiger partial charge on any atom is 0.257 e. The molecule has 7 heteroatoms. The van der Waals surface area contributed by atoms with Crippen LogP contribution in [0.5, 0.6) is 5.75 Å². The van der Waals surface area contributed by atoms with Gasteiger partial charge in [-0.1, -0.05) is 0 Å². The number of nitrogens with zero attached hydrogens (tertiary/aromatic N) is 1. The van der Waals surface area contributed by atoms with Crippen molar-refractivity contribution in [3.8, 4) is 5.75 Å². The van der Waals surface area contributed by atoms with Crippen molar-refractivity contribution < 1.29 is 9.53 Å². The van der Waals surface area contributed by atoms with Crippen molar-refractivity contribution in [3.63, 3.8) is 0 Å². The van der Waals surface area contributed by atoms with E-state index in [1.165, 1.54) is 0 Å². The van der Waals surface area contributed by atoms with Crippen molar-refractivity contribution in [2.24, 2.45) is 0 Å². The molecule has 1 aromatic carbocycles. The molecule has 0 saturated heterocycles. The lowest BCUT2D eigenvalue weighted by molar-refractivity contribution is 0.0977. The lowest BCUT2D eigenvalue weighted by Crippen LogP contribution is -2.34. The Bertz CT molecular complexity index is 665. The molecule has 0 radical (unpaired) electrons. The number of aromatic nitrogens is 1. The van der Waals surface area contributed by atoms with Gasteiger partial charge in [0.1, 0.15) is 5.75 Å². The molecule has 2 rings (SSSR count). The van der Waals surface area contributed by atoms with Crippen LogP contribution in [-0.4, -0.2) is 23.1 Å². The molecule has 1 amide bonds. The van der Waals surface area contributed by atoms with Gasteiger partial charge in [0.15, 0.2) is 5.11 Å². The number of hydrogen-bond donors (Lipinski definition) is 2. The van der Waals surface area contributed by atoms with Gasteiger partial charge >= 0.3 is 0 Å². The van der Waals surface area contributed by atoms with Crippen LogP contribution in [0.2, 0.25) is 0 Å². The lowest BCUT2D eigenvalue weighted by Gasteiger charge is -2.10. The Morgan fingerprint density at radius 2 is 2.19 bits per heavy atom. The van der Waals surface area contributed by atoms with Gasteiger partial charge < -0.3 is 10.1 Å². The second-order valence-electron chi connectivity index (χ2n) is 4.00. The molecule has 2 N–H and O–H groups in total. The molecule has 1 heterocycles. The first-order chi connectivity index (χ1) is 10.1. The van der Waals surface area contributed by atoms with Crippen LogP contribution >= 0.6 is 28.1 Å². The fourth-order valence-electron chi connectivity index (χ4n) is 1.58. The Labute approximate surface area is 135 Å². The number of halogens is 1. The third-order valence-electron chi connectivity index (χ3n) is 2.56. The number of pyridine rings is 1. The standard InChI is InChI=1S/C14H12BrN3O2S/c1-20-12-5-4-9(7-11(12)15)13(19)18-14(21)17-10-3-2-6-16-8-10/h2-8H,1H3,(H2,17,18,19,21). The summed E-state index contributed by atoms with van der Waals surface area (Å²) in [5.74, 6) is 0.349. The van der Waals surface area contributed by atoms with Crippen LogP contribution in [0.3, 0.4) is 0 Å². The highest BCUT2D eigenvalue weighted by molar-refractivity contribution is 9.10. The van der Waals surface area contributed by atoms with Crippen molar-refractivity contribution in [1.82, 2.24) is 10.3 Å². The molecule has 2 aromatic rings. The summed E-state index contributed by atoms with van der Waals surface area (Å²) in [5.41, 5.74) is 1.18. The molecule has 0 unspecified atom stereocenters. The van der Waals surface area contributed by atoms with Crippen LogP contribution in [0.25, 0.3) is 0 Å². The molecule has 0 fully saturated rings. The molecule has 5 nitrogen and oxygen atoms in total. The van der Waals surface area contributed by atoms with Gasteiger partial charge in [0.05, 0.1) is 23.5 Å². The Morgan fingerprint density at radius 1 is 1.38 bits per heavy atom. The quantitative estimate of drug-likeness (QED) is 0.818. The van der Waals surface area contributed by atoms with E-state index in [1.54, 1.807) is 49.8 Å². The number of carbonyl (C=O) groups is 1. The van der Waals surface area contributed by atoms with Crippen molar-refractivity contribution in [2.45, 2.75) is 0 Å². The number of ether oxygens (including phenoxy) is 1. The van der Waals surface area contributed by atoms with E-state index in [-0.39, 0.29) is 11.0 Å². The number of nitrogens with one attached hydrogen (secondary N) is 2. The fraction of sp³-hybridized carbons (Fsp3) is 0.0714. The molecular weight excluding hydrogens is 354 g/mol. The Balaban J connectivity index is 2.01. The first kappa shape index (κ1) is 15.4. The first-order valence-corrected chi connectivity index (χ1v) is 7.16. The molecular formula is C14H12BrN3O2S. The SMILES string of the molecule is COc1ccc(C(=O)NC(=S)Nc2cccnc2)cc1Br. The highest BCUT2D eigenvalue weighted by atomic mass is 79.9. The van der Waals surface area contributed by atoms with E-state index >= 15 is 0 Å². The van der Waals surface area contributed by atoms with E-state index in [4.69, 9.17) is 17.0 Å². The monoisotopic (exact) mass is 365 g/mol. The van der Waals surface area contributed by atoms with Gasteiger partial charge in [0.25, 0.3) is 5.91 Å². The van der Waals surface area contributed by atoms with E-state index in [0.29, 0.717) is 21.5 Å². The minimum atomic E-state index is -0.306. The number of amides is 1. The van der Waals surface area contributed by atoms with Gasteiger partial charge in [-0.2, -0.15) is 0 Å². The maximum atomic E-state index is 12.1. The lowest BCUT2D eigenvalue weighted by atomic mass is 10.2. The molecule has 0 saturated carbocycles. The van der Waals surface area contributed by atoms with Crippen LogP contribution in [-0.2, 0) is 0 Å². The average Bonchev–Trinajstić information content (AvgIpc) is 2.48. The zero-order chi connectivity index (χ0) is 15.2. The summed E-state index contributed by atoms with van der Waals surface area (Å²) in [6, 6.07) is 8.60. The molecule has 1 aromatic heterocycles. The van der Waals surface area contributed by atoms with Gasteiger partial charge in [-0.05, 0) is 58.5 Å². The predicted molar refractivity (Wildman–Crippen MR) is 88.6 cm³/mol. The zero-order valence-electron chi connectivity index (χ0n) is 11.1. The third-order valence-corrected chi connectivity index (χ3v) is 3.38. The van der Waals surface area contributed by atoms with Crippen LogP contribution in [0, 0.1) is 0 Å². The second-order valence-corrected chi connectivity index (χ2v) is 5.26. The summed E-state index contributed by atoms with van der Waals surface area (Å²) in [7, 11) is 1.56.